The topological polar surface area (TPSA) is 79.0 Å². The van der Waals surface area contributed by atoms with E-state index in [1.54, 1.807) is 12.1 Å². The third-order valence-corrected chi connectivity index (χ3v) is 6.69. The molecule has 0 bridgehead atoms. The van der Waals surface area contributed by atoms with Gasteiger partial charge in [0, 0.05) is 61.9 Å². The Morgan fingerprint density at radius 1 is 1.09 bits per heavy atom. The molecule has 180 valence electrons. The Balaban J connectivity index is 1.35. The van der Waals surface area contributed by atoms with E-state index in [0.717, 1.165) is 38.4 Å². The lowest BCUT2D eigenvalue weighted by atomic mass is 10.1. The zero-order chi connectivity index (χ0) is 24.1. The lowest BCUT2D eigenvalue weighted by Crippen LogP contribution is -2.35. The average molecular weight is 464 g/mol. The minimum absolute atomic E-state index is 0.00980. The summed E-state index contributed by atoms with van der Waals surface area (Å²) in [5.41, 5.74) is 4.00. The number of Topliss-reactive ketones (excluding diaryl/α,β-unsaturated/α-hetero) is 1. The van der Waals surface area contributed by atoms with Crippen LogP contribution < -0.4 is 5.32 Å². The summed E-state index contributed by atoms with van der Waals surface area (Å²) >= 11 is 0. The first kappa shape index (κ1) is 24.1. The van der Waals surface area contributed by atoms with Crippen molar-refractivity contribution in [2.75, 3.05) is 31.6 Å². The Hall–Kier alpha value is -3.03. The van der Waals surface area contributed by atoms with Crippen molar-refractivity contribution in [3.05, 3.63) is 64.7 Å². The standard InChI is InChI=1S/C27H33N3O4/c1-3-24(31)10-4-19(2)30-18-22-16-23(9-11-25(22)27(30)33)28-26(32)21-7-5-20(6-8-21)17-29-12-14-34-15-13-29/h5-9,11,16,19H,3-4,10,12-15,17-18H2,1-2H3,(H,28,32). The number of carbonyl (C=O) groups excluding carboxylic acids is 3. The van der Waals surface area contributed by atoms with Crippen molar-refractivity contribution in [2.45, 2.75) is 52.2 Å². The van der Waals surface area contributed by atoms with Crippen LogP contribution in [0.5, 0.6) is 0 Å². The van der Waals surface area contributed by atoms with Crippen molar-refractivity contribution in [1.29, 1.82) is 0 Å². The zero-order valence-corrected chi connectivity index (χ0v) is 20.0. The largest absolute Gasteiger partial charge is 0.379 e. The molecule has 1 saturated heterocycles. The lowest BCUT2D eigenvalue weighted by Gasteiger charge is -2.26. The molecule has 1 N–H and O–H groups in total. The fourth-order valence-corrected chi connectivity index (χ4v) is 4.46. The number of fused-ring (bicyclic) bond motifs is 1. The number of carbonyl (C=O) groups is 3. The number of benzene rings is 2. The number of hydrogen-bond acceptors (Lipinski definition) is 5. The smallest absolute Gasteiger partial charge is 0.255 e. The minimum atomic E-state index is -0.175. The van der Waals surface area contributed by atoms with Gasteiger partial charge in [-0.15, -0.1) is 0 Å². The molecule has 34 heavy (non-hydrogen) atoms. The van der Waals surface area contributed by atoms with Crippen molar-refractivity contribution in [2.24, 2.45) is 0 Å². The van der Waals surface area contributed by atoms with E-state index in [1.165, 1.54) is 5.56 Å². The molecule has 2 amide bonds. The van der Waals surface area contributed by atoms with E-state index in [4.69, 9.17) is 4.74 Å². The number of nitrogens with zero attached hydrogens (tertiary/aromatic N) is 2. The third kappa shape index (κ3) is 5.72. The van der Waals surface area contributed by atoms with Gasteiger partial charge in [0.1, 0.15) is 5.78 Å². The number of ether oxygens (including phenoxy) is 1. The summed E-state index contributed by atoms with van der Waals surface area (Å²) in [7, 11) is 0. The van der Waals surface area contributed by atoms with E-state index >= 15 is 0 Å². The molecule has 0 aliphatic carbocycles. The van der Waals surface area contributed by atoms with Gasteiger partial charge >= 0.3 is 0 Å². The van der Waals surface area contributed by atoms with Gasteiger partial charge in [0.05, 0.1) is 13.2 Å². The molecule has 2 aliphatic rings. The number of ketones is 1. The van der Waals surface area contributed by atoms with Crippen LogP contribution in [0.3, 0.4) is 0 Å². The van der Waals surface area contributed by atoms with Crippen molar-refractivity contribution in [3.8, 4) is 0 Å². The molecule has 1 fully saturated rings. The van der Waals surface area contributed by atoms with Crippen molar-refractivity contribution >= 4 is 23.3 Å². The summed E-state index contributed by atoms with van der Waals surface area (Å²) < 4.78 is 5.39. The van der Waals surface area contributed by atoms with Gasteiger partial charge in [-0.05, 0) is 54.8 Å². The molecule has 2 heterocycles. The highest BCUT2D eigenvalue weighted by Crippen LogP contribution is 2.28. The van der Waals surface area contributed by atoms with Gasteiger partial charge in [-0.3, -0.25) is 19.3 Å². The molecule has 4 rings (SSSR count). The average Bonchev–Trinajstić information content (AvgIpc) is 3.19. The summed E-state index contributed by atoms with van der Waals surface area (Å²) in [6, 6.07) is 13.1. The van der Waals surface area contributed by atoms with Crippen LogP contribution in [0.1, 0.15) is 65.0 Å². The second-order valence-electron chi connectivity index (χ2n) is 9.12. The molecule has 0 saturated carbocycles. The van der Waals surface area contributed by atoms with Gasteiger partial charge in [-0.1, -0.05) is 19.1 Å². The SMILES string of the molecule is CCC(=O)CCC(C)N1Cc2cc(NC(=O)c3ccc(CN4CCOCC4)cc3)ccc2C1=O. The molecule has 0 aromatic heterocycles. The maximum Gasteiger partial charge on any atom is 0.255 e. The molecular formula is C27H33N3O4. The number of morpholine rings is 1. The first-order valence-electron chi connectivity index (χ1n) is 12.1. The number of nitrogens with one attached hydrogen (secondary N) is 1. The minimum Gasteiger partial charge on any atom is -0.379 e. The van der Waals surface area contributed by atoms with E-state index in [9.17, 15) is 14.4 Å². The predicted octanol–water partition coefficient (Wildman–Crippen LogP) is 3.87. The van der Waals surface area contributed by atoms with Crippen molar-refractivity contribution in [3.63, 3.8) is 0 Å². The van der Waals surface area contributed by atoms with Gasteiger partial charge in [-0.25, -0.2) is 0 Å². The number of hydrogen-bond donors (Lipinski definition) is 1. The lowest BCUT2D eigenvalue weighted by molar-refractivity contribution is -0.119. The summed E-state index contributed by atoms with van der Waals surface area (Å²) in [6.07, 6.45) is 1.68. The van der Waals surface area contributed by atoms with Crippen LogP contribution in [-0.4, -0.2) is 59.7 Å². The summed E-state index contributed by atoms with van der Waals surface area (Å²) in [6.45, 7) is 8.58. The van der Waals surface area contributed by atoms with Crippen LogP contribution in [-0.2, 0) is 22.6 Å². The van der Waals surface area contributed by atoms with Gasteiger partial charge in [-0.2, -0.15) is 0 Å². The van der Waals surface area contributed by atoms with Crippen LogP contribution in [0.25, 0.3) is 0 Å². The van der Waals surface area contributed by atoms with Gasteiger partial charge in [0.25, 0.3) is 11.8 Å². The number of rotatable bonds is 9. The summed E-state index contributed by atoms with van der Waals surface area (Å²) in [5.74, 6) is 0.0285. The monoisotopic (exact) mass is 463 g/mol. The molecule has 7 heteroatoms. The maximum atomic E-state index is 12.8. The second kappa shape index (κ2) is 10.9. The number of anilines is 1. The Labute approximate surface area is 201 Å². The molecular weight excluding hydrogens is 430 g/mol. The predicted molar refractivity (Wildman–Crippen MR) is 131 cm³/mol. The molecule has 1 unspecified atom stereocenters. The van der Waals surface area contributed by atoms with E-state index in [0.29, 0.717) is 42.6 Å². The quantitative estimate of drug-likeness (QED) is 0.611. The van der Waals surface area contributed by atoms with Gasteiger partial charge < -0.3 is 15.0 Å². The molecule has 2 aromatic carbocycles. The van der Waals surface area contributed by atoms with E-state index in [2.05, 4.69) is 10.2 Å². The first-order chi connectivity index (χ1) is 16.4. The van der Waals surface area contributed by atoms with Gasteiger partial charge in [0.15, 0.2) is 0 Å². The maximum absolute atomic E-state index is 12.8. The summed E-state index contributed by atoms with van der Waals surface area (Å²) in [4.78, 5) is 41.4. The Kier molecular flexibility index (Phi) is 7.75. The zero-order valence-electron chi connectivity index (χ0n) is 20.0. The van der Waals surface area contributed by atoms with E-state index in [1.807, 2.05) is 49.1 Å². The van der Waals surface area contributed by atoms with Gasteiger partial charge in [0.2, 0.25) is 0 Å². The van der Waals surface area contributed by atoms with Crippen LogP contribution in [0.2, 0.25) is 0 Å². The highest BCUT2D eigenvalue weighted by molar-refractivity contribution is 6.05. The molecule has 2 aromatic rings. The third-order valence-electron chi connectivity index (χ3n) is 6.69. The fourth-order valence-electron chi connectivity index (χ4n) is 4.46. The van der Waals surface area contributed by atoms with Crippen molar-refractivity contribution in [1.82, 2.24) is 9.80 Å². The highest BCUT2D eigenvalue weighted by Gasteiger charge is 2.31. The Bertz CT molecular complexity index is 1040. The van der Waals surface area contributed by atoms with Crippen LogP contribution in [0.4, 0.5) is 5.69 Å². The summed E-state index contributed by atoms with van der Waals surface area (Å²) in [5, 5.41) is 2.96. The Morgan fingerprint density at radius 3 is 2.53 bits per heavy atom. The molecule has 2 aliphatic heterocycles. The highest BCUT2D eigenvalue weighted by atomic mass is 16.5. The van der Waals surface area contributed by atoms with Crippen LogP contribution in [0, 0.1) is 0 Å². The second-order valence-corrected chi connectivity index (χ2v) is 9.12. The molecule has 0 spiro atoms. The Morgan fingerprint density at radius 2 is 1.82 bits per heavy atom. The van der Waals surface area contributed by atoms with E-state index in [-0.39, 0.29) is 23.6 Å². The fraction of sp³-hybridized carbons (Fsp3) is 0.444. The van der Waals surface area contributed by atoms with Crippen LogP contribution >= 0.6 is 0 Å². The molecule has 1 atom stereocenters. The normalized spacial score (nSPS) is 16.9. The molecule has 7 nitrogen and oxygen atoms in total. The first-order valence-corrected chi connectivity index (χ1v) is 12.1. The van der Waals surface area contributed by atoms with E-state index < -0.39 is 0 Å². The van der Waals surface area contributed by atoms with Crippen molar-refractivity contribution < 1.29 is 19.1 Å². The molecule has 0 radical (unpaired) electrons. The number of amides is 2. The van der Waals surface area contributed by atoms with Crippen LogP contribution in [0.15, 0.2) is 42.5 Å².